The van der Waals surface area contributed by atoms with Crippen molar-refractivity contribution in [1.82, 2.24) is 4.90 Å². The summed E-state index contributed by atoms with van der Waals surface area (Å²) in [5.41, 5.74) is 3.39. The summed E-state index contributed by atoms with van der Waals surface area (Å²) in [6, 6.07) is 12.2. The summed E-state index contributed by atoms with van der Waals surface area (Å²) in [6.07, 6.45) is 4.30. The number of carbonyl (C=O) groups excluding carboxylic acids is 1. The van der Waals surface area contributed by atoms with E-state index in [-0.39, 0.29) is 23.7 Å². The van der Waals surface area contributed by atoms with Crippen LogP contribution in [0.15, 0.2) is 36.4 Å². The second-order valence-corrected chi connectivity index (χ2v) is 9.01. The highest BCUT2D eigenvalue weighted by Crippen LogP contribution is 2.48. The van der Waals surface area contributed by atoms with Crippen LogP contribution in [-0.4, -0.2) is 58.9 Å². The molecule has 3 unspecified atom stereocenters. The summed E-state index contributed by atoms with van der Waals surface area (Å²) in [6.45, 7) is 3.31. The van der Waals surface area contributed by atoms with Gasteiger partial charge in [-0.2, -0.15) is 0 Å². The van der Waals surface area contributed by atoms with Gasteiger partial charge >= 0.3 is 5.97 Å². The van der Waals surface area contributed by atoms with E-state index in [1.165, 1.54) is 25.5 Å². The molecular weight excluding hydrogens is 418 g/mol. The molecule has 4 rings (SSSR count). The maximum Gasteiger partial charge on any atom is 0.309 e. The highest BCUT2D eigenvalue weighted by Gasteiger charge is 2.43. The minimum absolute atomic E-state index is 0.129. The van der Waals surface area contributed by atoms with Gasteiger partial charge < -0.3 is 23.8 Å². The van der Waals surface area contributed by atoms with Crippen molar-refractivity contribution < 1.29 is 23.7 Å². The van der Waals surface area contributed by atoms with E-state index in [1.54, 1.807) is 21.3 Å². The van der Waals surface area contributed by atoms with Crippen LogP contribution in [0.4, 0.5) is 0 Å². The van der Waals surface area contributed by atoms with Crippen LogP contribution in [0.5, 0.6) is 17.2 Å². The Balaban J connectivity index is 1.79. The standard InChI is InChI=1S/C27H35NO5/c1-30-21-9-7-18(8-10-21)25-22-17-24(32-3)23(31-2)16-20(22)15-19(26(25)27(29)33-4)11-14-28-12-5-6-13-28/h7-10,16-17,19,25-26H,5-6,11-15H2,1-4H3. The zero-order chi connectivity index (χ0) is 23.4. The van der Waals surface area contributed by atoms with Crippen molar-refractivity contribution in [2.45, 2.75) is 31.6 Å². The summed E-state index contributed by atoms with van der Waals surface area (Å²) in [5, 5.41) is 0. The topological polar surface area (TPSA) is 57.2 Å². The molecule has 1 aliphatic carbocycles. The van der Waals surface area contributed by atoms with E-state index in [9.17, 15) is 4.79 Å². The number of hydrogen-bond donors (Lipinski definition) is 0. The Morgan fingerprint density at radius 3 is 2.21 bits per heavy atom. The largest absolute Gasteiger partial charge is 0.497 e. The van der Waals surface area contributed by atoms with Gasteiger partial charge in [-0.15, -0.1) is 0 Å². The van der Waals surface area contributed by atoms with Gasteiger partial charge in [-0.1, -0.05) is 12.1 Å². The summed E-state index contributed by atoms with van der Waals surface area (Å²) in [5.74, 6) is 1.82. The molecule has 0 radical (unpaired) electrons. The maximum absolute atomic E-state index is 13.3. The molecule has 0 amide bonds. The minimum Gasteiger partial charge on any atom is -0.497 e. The van der Waals surface area contributed by atoms with Crippen molar-refractivity contribution in [2.75, 3.05) is 48.1 Å². The first kappa shape index (κ1) is 23.4. The number of rotatable bonds is 8. The Bertz CT molecular complexity index is 952. The van der Waals surface area contributed by atoms with Crippen molar-refractivity contribution in [3.63, 3.8) is 0 Å². The zero-order valence-electron chi connectivity index (χ0n) is 20.1. The molecule has 0 bridgehead atoms. The monoisotopic (exact) mass is 453 g/mol. The molecule has 3 atom stereocenters. The van der Waals surface area contributed by atoms with E-state index >= 15 is 0 Å². The van der Waals surface area contributed by atoms with Crippen LogP contribution in [-0.2, 0) is 16.0 Å². The minimum atomic E-state index is -0.267. The summed E-state index contributed by atoms with van der Waals surface area (Å²) in [4.78, 5) is 15.8. The molecule has 0 aromatic heterocycles. The summed E-state index contributed by atoms with van der Waals surface area (Å²) >= 11 is 0. The molecule has 1 saturated heterocycles. The fourth-order valence-electron chi connectivity index (χ4n) is 5.58. The lowest BCUT2D eigenvalue weighted by atomic mass is 9.65. The molecule has 2 aromatic carbocycles. The lowest BCUT2D eigenvalue weighted by Crippen LogP contribution is -2.38. The van der Waals surface area contributed by atoms with Gasteiger partial charge in [0.15, 0.2) is 11.5 Å². The van der Waals surface area contributed by atoms with Crippen molar-refractivity contribution in [2.24, 2.45) is 11.8 Å². The third kappa shape index (κ3) is 4.81. The lowest BCUT2D eigenvalue weighted by molar-refractivity contribution is -0.148. The molecule has 2 aromatic rings. The Kier molecular flexibility index (Phi) is 7.43. The normalized spacial score (nSPS) is 22.5. The lowest BCUT2D eigenvalue weighted by Gasteiger charge is -2.39. The predicted molar refractivity (Wildman–Crippen MR) is 127 cm³/mol. The molecule has 0 saturated carbocycles. The molecule has 1 heterocycles. The second-order valence-electron chi connectivity index (χ2n) is 9.01. The van der Waals surface area contributed by atoms with Crippen molar-refractivity contribution in [3.8, 4) is 17.2 Å². The third-order valence-electron chi connectivity index (χ3n) is 7.29. The van der Waals surface area contributed by atoms with E-state index < -0.39 is 0 Å². The highest BCUT2D eigenvalue weighted by atomic mass is 16.5. The zero-order valence-corrected chi connectivity index (χ0v) is 20.1. The van der Waals surface area contributed by atoms with Crippen molar-refractivity contribution >= 4 is 5.97 Å². The van der Waals surface area contributed by atoms with Gasteiger partial charge in [-0.25, -0.2) is 0 Å². The van der Waals surface area contributed by atoms with E-state index in [4.69, 9.17) is 18.9 Å². The number of carbonyl (C=O) groups is 1. The van der Waals surface area contributed by atoms with Crippen LogP contribution < -0.4 is 14.2 Å². The fraction of sp³-hybridized carbons (Fsp3) is 0.519. The molecule has 0 N–H and O–H groups in total. The average molecular weight is 454 g/mol. The average Bonchev–Trinajstić information content (AvgIpc) is 3.39. The van der Waals surface area contributed by atoms with Gasteiger partial charge in [0.1, 0.15) is 5.75 Å². The van der Waals surface area contributed by atoms with Crippen LogP contribution in [0, 0.1) is 11.8 Å². The predicted octanol–water partition coefficient (Wildman–Crippen LogP) is 4.29. The van der Waals surface area contributed by atoms with Crippen LogP contribution in [0.2, 0.25) is 0 Å². The van der Waals surface area contributed by atoms with Crippen molar-refractivity contribution in [1.29, 1.82) is 0 Å². The SMILES string of the molecule is COC(=O)C1C(CCN2CCCC2)Cc2cc(OC)c(OC)cc2C1c1ccc(OC)cc1. The molecule has 1 fully saturated rings. The molecule has 1 aliphatic heterocycles. The third-order valence-corrected chi connectivity index (χ3v) is 7.29. The number of fused-ring (bicyclic) bond motifs is 1. The van der Waals surface area contributed by atoms with Gasteiger partial charge in [0.2, 0.25) is 0 Å². The number of nitrogens with zero attached hydrogens (tertiary/aromatic N) is 1. The Labute approximate surface area is 196 Å². The molecule has 2 aliphatic rings. The second kappa shape index (κ2) is 10.5. The fourth-order valence-corrected chi connectivity index (χ4v) is 5.58. The molecule has 6 nitrogen and oxygen atoms in total. The van der Waals surface area contributed by atoms with Crippen LogP contribution in [0.25, 0.3) is 0 Å². The first-order chi connectivity index (χ1) is 16.1. The Morgan fingerprint density at radius 2 is 1.61 bits per heavy atom. The first-order valence-corrected chi connectivity index (χ1v) is 11.8. The van der Waals surface area contributed by atoms with E-state index in [0.29, 0.717) is 5.75 Å². The highest BCUT2D eigenvalue weighted by molar-refractivity contribution is 5.76. The molecular formula is C27H35NO5. The smallest absolute Gasteiger partial charge is 0.309 e. The number of methoxy groups -OCH3 is 4. The first-order valence-electron chi connectivity index (χ1n) is 11.8. The van der Waals surface area contributed by atoms with Crippen LogP contribution in [0.3, 0.4) is 0 Å². The number of hydrogen-bond acceptors (Lipinski definition) is 6. The number of benzene rings is 2. The van der Waals surface area contributed by atoms with Gasteiger partial charge in [0.05, 0.1) is 34.4 Å². The maximum atomic E-state index is 13.3. The quantitative estimate of drug-likeness (QED) is 0.556. The van der Waals surface area contributed by atoms with Crippen LogP contribution >= 0.6 is 0 Å². The molecule has 0 spiro atoms. The van der Waals surface area contributed by atoms with Crippen LogP contribution in [0.1, 0.15) is 41.9 Å². The van der Waals surface area contributed by atoms with Gasteiger partial charge in [-0.05, 0) is 92.2 Å². The number of likely N-dealkylation sites (tertiary alicyclic amines) is 1. The van der Waals surface area contributed by atoms with Gasteiger partial charge in [-0.3, -0.25) is 4.79 Å². The summed E-state index contributed by atoms with van der Waals surface area (Å²) in [7, 11) is 6.46. The van der Waals surface area contributed by atoms with Gasteiger partial charge in [0, 0.05) is 5.92 Å². The Morgan fingerprint density at radius 1 is 0.939 bits per heavy atom. The molecule has 6 heteroatoms. The molecule has 178 valence electrons. The van der Waals surface area contributed by atoms with Gasteiger partial charge in [0.25, 0.3) is 0 Å². The van der Waals surface area contributed by atoms with E-state index in [2.05, 4.69) is 23.1 Å². The van der Waals surface area contributed by atoms with E-state index in [0.717, 1.165) is 55.1 Å². The van der Waals surface area contributed by atoms with E-state index in [1.807, 2.05) is 18.2 Å². The number of ether oxygens (including phenoxy) is 4. The van der Waals surface area contributed by atoms with Crippen molar-refractivity contribution in [3.05, 3.63) is 53.1 Å². The summed E-state index contributed by atoms with van der Waals surface area (Å²) < 4.78 is 22.0. The Hall–Kier alpha value is -2.73. The number of esters is 1. The molecule has 33 heavy (non-hydrogen) atoms.